The average Bonchev–Trinajstić information content (AvgIpc) is 2.79. The first-order valence-corrected chi connectivity index (χ1v) is 10.9. The molecule has 168 valence electrons. The van der Waals surface area contributed by atoms with E-state index < -0.39 is 0 Å². The van der Waals surface area contributed by atoms with Crippen LogP contribution in [0.5, 0.6) is 0 Å². The summed E-state index contributed by atoms with van der Waals surface area (Å²) in [5, 5.41) is 3.05. The number of hydrogen-bond donors (Lipinski definition) is 2. The summed E-state index contributed by atoms with van der Waals surface area (Å²) < 4.78 is 18.5. The summed E-state index contributed by atoms with van der Waals surface area (Å²) in [7, 11) is 4.06. The van der Waals surface area contributed by atoms with Crippen molar-refractivity contribution in [2.45, 2.75) is 13.0 Å². The van der Waals surface area contributed by atoms with E-state index in [-0.39, 0.29) is 24.4 Å². The molecular weight excluding hydrogens is 395 g/mol. The van der Waals surface area contributed by atoms with Crippen LogP contribution in [0.1, 0.15) is 18.5 Å². The van der Waals surface area contributed by atoms with Gasteiger partial charge in [-0.2, -0.15) is 0 Å². The Labute approximate surface area is 184 Å². The fourth-order valence-electron chi connectivity index (χ4n) is 4.02. The quantitative estimate of drug-likeness (QED) is 0.634. The van der Waals surface area contributed by atoms with E-state index in [4.69, 9.17) is 4.74 Å². The number of rotatable bonds is 9. The number of carbonyl (C=O) groups is 1. The molecule has 2 aromatic rings. The smallest absolute Gasteiger partial charge is 0.246 e. The van der Waals surface area contributed by atoms with Gasteiger partial charge in [0.15, 0.2) is 0 Å². The molecule has 0 unspecified atom stereocenters. The molecule has 1 amide bonds. The summed E-state index contributed by atoms with van der Waals surface area (Å²) in [5.41, 5.74) is 3.42. The number of amides is 1. The van der Waals surface area contributed by atoms with E-state index in [2.05, 4.69) is 39.4 Å². The second-order valence-electron chi connectivity index (χ2n) is 8.10. The zero-order chi connectivity index (χ0) is 22.2. The Balaban J connectivity index is 1.68. The molecule has 31 heavy (non-hydrogen) atoms. The third-order valence-electron chi connectivity index (χ3n) is 5.84. The van der Waals surface area contributed by atoms with E-state index >= 15 is 0 Å². The molecule has 0 aromatic heterocycles. The minimum absolute atomic E-state index is 0.0823. The normalized spacial score (nSPS) is 15.5. The molecule has 0 saturated carbocycles. The lowest BCUT2D eigenvalue weighted by Gasteiger charge is -2.38. The number of halogens is 1. The number of anilines is 2. The summed E-state index contributed by atoms with van der Waals surface area (Å²) in [6, 6.07) is 15.4. The summed E-state index contributed by atoms with van der Waals surface area (Å²) in [6.07, 6.45) is 0. The second kappa shape index (κ2) is 11.1. The maximum absolute atomic E-state index is 13.2. The van der Waals surface area contributed by atoms with Crippen molar-refractivity contribution in [3.05, 3.63) is 59.9 Å². The molecule has 6 nitrogen and oxygen atoms in total. The Morgan fingerprint density at radius 2 is 1.77 bits per heavy atom. The Morgan fingerprint density at radius 1 is 1.13 bits per heavy atom. The van der Waals surface area contributed by atoms with Gasteiger partial charge in [-0.25, -0.2) is 4.39 Å². The molecule has 1 atom stereocenters. The van der Waals surface area contributed by atoms with Crippen LogP contribution in [0.15, 0.2) is 48.5 Å². The van der Waals surface area contributed by atoms with E-state index in [1.165, 1.54) is 22.6 Å². The number of piperazine rings is 1. The largest absolute Gasteiger partial charge is 0.378 e. The van der Waals surface area contributed by atoms with Crippen LogP contribution in [-0.4, -0.2) is 65.9 Å². The van der Waals surface area contributed by atoms with Gasteiger partial charge in [-0.1, -0.05) is 12.1 Å². The van der Waals surface area contributed by atoms with Crippen molar-refractivity contribution in [2.24, 2.45) is 0 Å². The van der Waals surface area contributed by atoms with Crippen LogP contribution in [0.4, 0.5) is 15.8 Å². The molecule has 0 spiro atoms. The molecule has 1 saturated heterocycles. The van der Waals surface area contributed by atoms with Gasteiger partial charge in [0.2, 0.25) is 5.91 Å². The first kappa shape index (κ1) is 23.0. The number of quaternary nitrogens is 1. The van der Waals surface area contributed by atoms with E-state index in [0.29, 0.717) is 13.2 Å². The molecule has 1 fully saturated rings. The summed E-state index contributed by atoms with van der Waals surface area (Å²) >= 11 is 0. The number of benzene rings is 2. The van der Waals surface area contributed by atoms with Crippen LogP contribution in [0, 0.1) is 5.82 Å². The van der Waals surface area contributed by atoms with Crippen LogP contribution in [0.2, 0.25) is 0 Å². The molecule has 2 aromatic carbocycles. The van der Waals surface area contributed by atoms with Gasteiger partial charge in [-0.05, 0) is 43.3 Å². The van der Waals surface area contributed by atoms with Crippen molar-refractivity contribution in [2.75, 3.05) is 69.8 Å². The lowest BCUT2D eigenvalue weighted by Crippen LogP contribution is -3.15. The first-order chi connectivity index (χ1) is 15.0. The fourth-order valence-corrected chi connectivity index (χ4v) is 4.02. The second-order valence-corrected chi connectivity index (χ2v) is 8.10. The molecule has 0 radical (unpaired) electrons. The SMILES string of the molecule is CCOCC(=O)NC[C@@H](c1ccc(N(C)C)cc1)[NH+]1CCN(c2ccc(F)cc2)CC1. The van der Waals surface area contributed by atoms with Crippen molar-refractivity contribution in [1.82, 2.24) is 5.32 Å². The number of hydrogen-bond acceptors (Lipinski definition) is 4. The summed E-state index contributed by atoms with van der Waals surface area (Å²) in [5.74, 6) is -0.293. The molecule has 1 heterocycles. The monoisotopic (exact) mass is 429 g/mol. The Bertz CT molecular complexity index is 818. The molecular formula is C24H34FN4O2+. The standard InChI is InChI=1S/C24H33FN4O2/c1-4-31-18-24(30)26-17-23(19-5-9-21(10-6-19)27(2)3)29-15-13-28(14-16-29)22-11-7-20(25)8-12-22/h5-12,23H,4,13-18H2,1-3H3,(H,26,30)/p+1/t23-/m0/s1. The zero-order valence-corrected chi connectivity index (χ0v) is 18.7. The molecule has 1 aliphatic rings. The zero-order valence-electron chi connectivity index (χ0n) is 18.7. The molecule has 1 aliphatic heterocycles. The van der Waals surface area contributed by atoms with Crippen molar-refractivity contribution in [3.63, 3.8) is 0 Å². The molecule has 0 bridgehead atoms. The highest BCUT2D eigenvalue weighted by atomic mass is 19.1. The van der Waals surface area contributed by atoms with E-state index in [1.807, 2.05) is 33.2 Å². The Morgan fingerprint density at radius 3 is 2.35 bits per heavy atom. The molecule has 2 N–H and O–H groups in total. The third-order valence-corrected chi connectivity index (χ3v) is 5.84. The van der Waals surface area contributed by atoms with Gasteiger partial charge in [-0.15, -0.1) is 0 Å². The van der Waals surface area contributed by atoms with Crippen LogP contribution in [-0.2, 0) is 9.53 Å². The predicted octanol–water partition coefficient (Wildman–Crippen LogP) is 1.49. The van der Waals surface area contributed by atoms with Crippen LogP contribution in [0.3, 0.4) is 0 Å². The Kier molecular flexibility index (Phi) is 8.26. The van der Waals surface area contributed by atoms with Gasteiger partial charge >= 0.3 is 0 Å². The number of ether oxygens (including phenoxy) is 1. The Hall–Kier alpha value is -2.64. The molecule has 7 heteroatoms. The van der Waals surface area contributed by atoms with Gasteiger partial charge in [0, 0.05) is 37.6 Å². The number of carbonyl (C=O) groups excluding carboxylic acids is 1. The topological polar surface area (TPSA) is 49.2 Å². The fraction of sp³-hybridized carbons (Fsp3) is 0.458. The van der Waals surface area contributed by atoms with Crippen LogP contribution >= 0.6 is 0 Å². The lowest BCUT2D eigenvalue weighted by molar-refractivity contribution is -0.931. The molecule has 0 aliphatic carbocycles. The van der Waals surface area contributed by atoms with E-state index in [9.17, 15) is 9.18 Å². The van der Waals surface area contributed by atoms with Crippen molar-refractivity contribution in [1.29, 1.82) is 0 Å². The van der Waals surface area contributed by atoms with Gasteiger partial charge in [0.25, 0.3) is 0 Å². The van der Waals surface area contributed by atoms with Crippen LogP contribution in [0.25, 0.3) is 0 Å². The molecule has 3 rings (SSSR count). The predicted molar refractivity (Wildman–Crippen MR) is 122 cm³/mol. The van der Waals surface area contributed by atoms with E-state index in [1.54, 1.807) is 0 Å². The first-order valence-electron chi connectivity index (χ1n) is 10.9. The lowest BCUT2D eigenvalue weighted by atomic mass is 10.0. The van der Waals surface area contributed by atoms with Gasteiger partial charge in [-0.3, -0.25) is 4.79 Å². The maximum atomic E-state index is 13.2. The van der Waals surface area contributed by atoms with Gasteiger partial charge in [0.05, 0.1) is 32.7 Å². The highest BCUT2D eigenvalue weighted by Crippen LogP contribution is 2.18. The highest BCUT2D eigenvalue weighted by Gasteiger charge is 2.29. The van der Waals surface area contributed by atoms with E-state index in [0.717, 1.165) is 37.6 Å². The van der Waals surface area contributed by atoms with Crippen molar-refractivity contribution in [3.8, 4) is 0 Å². The van der Waals surface area contributed by atoms with Gasteiger partial charge < -0.3 is 24.8 Å². The van der Waals surface area contributed by atoms with Crippen LogP contribution < -0.4 is 20.0 Å². The minimum Gasteiger partial charge on any atom is -0.378 e. The third kappa shape index (κ3) is 6.42. The summed E-state index contributed by atoms with van der Waals surface area (Å²) in [4.78, 5) is 18.0. The summed E-state index contributed by atoms with van der Waals surface area (Å²) in [6.45, 7) is 6.74. The number of nitrogens with one attached hydrogen (secondary N) is 2. The maximum Gasteiger partial charge on any atom is 0.246 e. The highest BCUT2D eigenvalue weighted by molar-refractivity contribution is 5.77. The van der Waals surface area contributed by atoms with Gasteiger partial charge in [0.1, 0.15) is 18.5 Å². The van der Waals surface area contributed by atoms with Crippen molar-refractivity contribution >= 4 is 17.3 Å². The van der Waals surface area contributed by atoms with Crippen molar-refractivity contribution < 1.29 is 18.8 Å². The average molecular weight is 430 g/mol. The number of nitrogens with zero attached hydrogens (tertiary/aromatic N) is 2. The minimum atomic E-state index is -0.211.